The predicted octanol–water partition coefficient (Wildman–Crippen LogP) is -1.67. The quantitative estimate of drug-likeness (QED) is 0.487. The normalized spacial score (nSPS) is 6.12. The van der Waals surface area contributed by atoms with Crippen molar-refractivity contribution in [1.29, 1.82) is 0 Å². The molecule has 0 unspecified atom stereocenters. The van der Waals surface area contributed by atoms with Gasteiger partial charge in [-0.15, -0.1) is 0 Å². The minimum Gasteiger partial charge on any atom is -0.549 e. The van der Waals surface area contributed by atoms with Gasteiger partial charge in [-0.25, -0.2) is 0 Å². The number of rotatable bonds is 2. The second kappa shape index (κ2) is 10.1. The van der Waals surface area contributed by atoms with Crippen molar-refractivity contribution in [3.8, 4) is 0 Å². The Morgan fingerprint density at radius 1 is 1.75 bits per heavy atom. The summed E-state index contributed by atoms with van der Waals surface area (Å²) in [5.74, 6) is -1.07. The third-order valence-electron chi connectivity index (χ3n) is 0.321. The van der Waals surface area contributed by atoms with Crippen molar-refractivity contribution in [1.82, 2.24) is 11.5 Å². The Bertz CT molecular complexity index is 59.2. The van der Waals surface area contributed by atoms with Gasteiger partial charge in [-0.05, 0) is 7.05 Å². The number of quaternary nitrogens is 1. The Labute approximate surface area is 61.0 Å². The van der Waals surface area contributed by atoms with E-state index in [1.54, 1.807) is 7.05 Å². The van der Waals surface area contributed by atoms with Crippen LogP contribution in [-0.4, -0.2) is 19.6 Å². The van der Waals surface area contributed by atoms with Crippen LogP contribution in [0.1, 0.15) is 0 Å². The molecule has 0 aromatic rings. The average molecular weight is 172 g/mol. The van der Waals surface area contributed by atoms with Crippen molar-refractivity contribution in [2.75, 3.05) is 13.6 Å². The van der Waals surface area contributed by atoms with E-state index < -0.39 is 5.97 Å². The summed E-state index contributed by atoms with van der Waals surface area (Å²) in [5, 5.41) is 11.8. The van der Waals surface area contributed by atoms with Gasteiger partial charge in [-0.3, -0.25) is 0 Å². The molecule has 0 aliphatic rings. The van der Waals surface area contributed by atoms with Gasteiger partial charge >= 0.3 is 0 Å². The van der Waals surface area contributed by atoms with Crippen LogP contribution in [0.25, 0.3) is 0 Å². The number of nitrogens with one attached hydrogen (secondary N) is 1. The number of hydrogen-bond donors (Lipinski definition) is 2. The van der Waals surface area contributed by atoms with E-state index >= 15 is 0 Å². The maximum atomic E-state index is 9.43. The molecule has 0 bridgehead atoms. The molecule has 0 fully saturated rings. The zero-order chi connectivity index (χ0) is 4.99. The second-order valence-electron chi connectivity index (χ2n) is 0.902. The molecule has 4 nitrogen and oxygen atoms in total. The largest absolute Gasteiger partial charge is 0.549 e. The molecule has 46 valence electrons. The van der Waals surface area contributed by atoms with Gasteiger partial charge in [0.05, 0.1) is 5.97 Å². The van der Waals surface area contributed by atoms with Gasteiger partial charge < -0.3 is 21.4 Å². The molecule has 0 aliphatic heterocycles. The number of carbonyl (C=O) groups is 1. The number of carboxylic acid groups (broad SMARTS) is 1. The maximum Gasteiger partial charge on any atom is 0.0552 e. The van der Waals surface area contributed by atoms with E-state index in [0.717, 1.165) is 0 Å². The number of aliphatic carboxylic acids is 1. The smallest absolute Gasteiger partial charge is 0.0552 e. The van der Waals surface area contributed by atoms with E-state index in [1.807, 2.05) is 0 Å². The Kier molecular flexibility index (Phi) is 19.8. The van der Waals surface area contributed by atoms with E-state index in [1.165, 1.54) is 0 Å². The third-order valence-corrected chi connectivity index (χ3v) is 0.321. The molecular formula is C3H10N2O2Zn. The standard InChI is InChI=1S/C3H7NO2.H3N.Zn/c1-4-2-3(5)6;;/h4H,2H2,1H3,(H,5,6);1H3;. The SMILES string of the molecule is CNCC(=O)[O-].[NH4+].[Zn]. The summed E-state index contributed by atoms with van der Waals surface area (Å²) in [4.78, 5) is 9.43. The first-order valence-electron chi connectivity index (χ1n) is 1.62. The summed E-state index contributed by atoms with van der Waals surface area (Å²) in [5.41, 5.74) is 0. The van der Waals surface area contributed by atoms with Gasteiger partial charge in [-0.2, -0.15) is 0 Å². The Morgan fingerprint density at radius 3 is 2.12 bits per heavy atom. The molecule has 0 saturated heterocycles. The molecule has 0 amide bonds. The molecule has 0 radical (unpaired) electrons. The van der Waals surface area contributed by atoms with Crippen LogP contribution < -0.4 is 16.6 Å². The topological polar surface area (TPSA) is 88.7 Å². The van der Waals surface area contributed by atoms with Gasteiger partial charge in [0.1, 0.15) is 0 Å². The summed E-state index contributed by atoms with van der Waals surface area (Å²) in [6.45, 7) is -0.0694. The molecule has 0 rings (SSSR count). The van der Waals surface area contributed by atoms with Crippen molar-refractivity contribution in [2.24, 2.45) is 0 Å². The number of likely N-dealkylation sites (N-methyl/N-ethyl adjacent to an activating group) is 1. The van der Waals surface area contributed by atoms with Gasteiger partial charge in [0.25, 0.3) is 0 Å². The first kappa shape index (κ1) is 15.7. The minimum atomic E-state index is -1.07. The maximum absolute atomic E-state index is 9.43. The predicted molar refractivity (Wildman–Crippen MR) is 24.9 cm³/mol. The molecule has 0 heterocycles. The fourth-order valence-electron chi connectivity index (χ4n) is 0.144. The first-order chi connectivity index (χ1) is 2.77. The summed E-state index contributed by atoms with van der Waals surface area (Å²) >= 11 is 0. The van der Waals surface area contributed by atoms with E-state index in [-0.39, 0.29) is 32.2 Å². The summed E-state index contributed by atoms with van der Waals surface area (Å²) < 4.78 is 0. The second-order valence-corrected chi connectivity index (χ2v) is 0.902. The summed E-state index contributed by atoms with van der Waals surface area (Å²) in [6.07, 6.45) is 0. The number of carbonyl (C=O) groups excluding carboxylic acids is 1. The molecule has 0 aliphatic carbocycles. The zero-order valence-corrected chi connectivity index (χ0v) is 8.20. The molecule has 0 spiro atoms. The van der Waals surface area contributed by atoms with Gasteiger partial charge in [0.15, 0.2) is 0 Å². The molecule has 8 heavy (non-hydrogen) atoms. The fourth-order valence-corrected chi connectivity index (χ4v) is 0.144. The molecule has 0 saturated carbocycles. The van der Waals surface area contributed by atoms with E-state index in [4.69, 9.17) is 0 Å². The van der Waals surface area contributed by atoms with Crippen LogP contribution in [0.4, 0.5) is 0 Å². The molecule has 5 N–H and O–H groups in total. The third kappa shape index (κ3) is 16.6. The van der Waals surface area contributed by atoms with Crippen molar-refractivity contribution >= 4 is 5.97 Å². The number of carboxylic acids is 1. The Hall–Kier alpha value is 0.0134. The van der Waals surface area contributed by atoms with Crippen LogP contribution in [0.15, 0.2) is 0 Å². The van der Waals surface area contributed by atoms with E-state index in [2.05, 4.69) is 5.32 Å². The van der Waals surface area contributed by atoms with Crippen LogP contribution in [0, 0.1) is 0 Å². The monoisotopic (exact) mass is 170 g/mol. The Morgan fingerprint density at radius 2 is 2.12 bits per heavy atom. The molecule has 0 aromatic carbocycles. The molecule has 0 atom stereocenters. The van der Waals surface area contributed by atoms with Crippen LogP contribution in [0.3, 0.4) is 0 Å². The van der Waals surface area contributed by atoms with Crippen molar-refractivity contribution in [3.63, 3.8) is 0 Å². The molecule has 5 heteroatoms. The molecule has 0 aromatic heterocycles. The first-order valence-corrected chi connectivity index (χ1v) is 1.62. The number of hydrogen-bond acceptors (Lipinski definition) is 3. The molecular weight excluding hydrogens is 161 g/mol. The fraction of sp³-hybridized carbons (Fsp3) is 0.667. The summed E-state index contributed by atoms with van der Waals surface area (Å²) in [7, 11) is 1.55. The van der Waals surface area contributed by atoms with Gasteiger partial charge in [0, 0.05) is 26.0 Å². The van der Waals surface area contributed by atoms with Crippen molar-refractivity contribution in [2.45, 2.75) is 0 Å². The van der Waals surface area contributed by atoms with Crippen LogP contribution in [0.5, 0.6) is 0 Å². The van der Waals surface area contributed by atoms with Crippen molar-refractivity contribution in [3.05, 3.63) is 0 Å². The zero-order valence-electron chi connectivity index (χ0n) is 5.23. The van der Waals surface area contributed by atoms with E-state index in [9.17, 15) is 9.90 Å². The van der Waals surface area contributed by atoms with E-state index in [0.29, 0.717) is 0 Å². The van der Waals surface area contributed by atoms with Crippen LogP contribution in [-0.2, 0) is 24.3 Å². The van der Waals surface area contributed by atoms with Crippen LogP contribution in [0.2, 0.25) is 0 Å². The van der Waals surface area contributed by atoms with Gasteiger partial charge in [0.2, 0.25) is 0 Å². The van der Waals surface area contributed by atoms with Gasteiger partial charge in [-0.1, -0.05) is 0 Å². The average Bonchev–Trinajstić information content (AvgIpc) is 1.35. The minimum absolute atomic E-state index is 0. The summed E-state index contributed by atoms with van der Waals surface area (Å²) in [6, 6.07) is 0. The van der Waals surface area contributed by atoms with Crippen LogP contribution >= 0.6 is 0 Å². The Balaban J connectivity index is -0.000000125. The van der Waals surface area contributed by atoms with Crippen molar-refractivity contribution < 1.29 is 29.4 Å².